The molecule has 0 bridgehead atoms. The van der Waals surface area contributed by atoms with Gasteiger partial charge in [-0.3, -0.25) is 0 Å². The first-order valence-electron chi connectivity index (χ1n) is 10.8. The van der Waals surface area contributed by atoms with Gasteiger partial charge in [-0.2, -0.15) is 0 Å². The predicted octanol–water partition coefficient (Wildman–Crippen LogP) is 3.95. The SMILES string of the molecule is COC(=O)c1[nH]c(C)c(C)c1OCCCCCN1CCC(O)(c2ccccc2)CC1. The van der Waals surface area contributed by atoms with Gasteiger partial charge in [-0.15, -0.1) is 0 Å². The number of nitrogens with one attached hydrogen (secondary N) is 1. The van der Waals surface area contributed by atoms with Crippen LogP contribution in [0.4, 0.5) is 0 Å². The minimum absolute atomic E-state index is 0.395. The molecule has 2 aromatic rings. The number of H-pyrrole nitrogens is 1. The Hall–Kier alpha value is -2.31. The molecule has 1 aromatic carbocycles. The first-order valence-corrected chi connectivity index (χ1v) is 10.8. The molecule has 3 rings (SSSR count). The van der Waals surface area contributed by atoms with E-state index < -0.39 is 11.6 Å². The lowest BCUT2D eigenvalue weighted by atomic mass is 9.84. The van der Waals surface area contributed by atoms with Gasteiger partial charge >= 0.3 is 5.97 Å². The molecule has 0 amide bonds. The number of benzene rings is 1. The summed E-state index contributed by atoms with van der Waals surface area (Å²) in [6, 6.07) is 10.0. The van der Waals surface area contributed by atoms with Crippen LogP contribution in [0.5, 0.6) is 5.75 Å². The largest absolute Gasteiger partial charge is 0.491 e. The van der Waals surface area contributed by atoms with Crippen molar-refractivity contribution in [2.75, 3.05) is 33.4 Å². The van der Waals surface area contributed by atoms with Crippen LogP contribution in [0.2, 0.25) is 0 Å². The fourth-order valence-electron chi connectivity index (χ4n) is 4.09. The first kappa shape index (κ1) is 22.4. The second kappa shape index (κ2) is 10.1. The number of unbranched alkanes of at least 4 members (excludes halogenated alkanes) is 2. The van der Waals surface area contributed by atoms with Crippen molar-refractivity contribution in [3.63, 3.8) is 0 Å². The van der Waals surface area contributed by atoms with E-state index in [4.69, 9.17) is 9.47 Å². The number of carbonyl (C=O) groups is 1. The van der Waals surface area contributed by atoms with Gasteiger partial charge in [0.2, 0.25) is 0 Å². The summed E-state index contributed by atoms with van der Waals surface area (Å²) in [5.74, 6) is 0.206. The highest BCUT2D eigenvalue weighted by Crippen LogP contribution is 2.32. The monoisotopic (exact) mass is 414 g/mol. The molecular formula is C24H34N2O4. The third kappa shape index (κ3) is 5.24. The Labute approximate surface area is 179 Å². The van der Waals surface area contributed by atoms with Crippen LogP contribution in [0.25, 0.3) is 0 Å². The van der Waals surface area contributed by atoms with Crippen LogP contribution in [-0.2, 0) is 10.3 Å². The summed E-state index contributed by atoms with van der Waals surface area (Å²) in [4.78, 5) is 17.4. The zero-order valence-corrected chi connectivity index (χ0v) is 18.4. The molecule has 0 saturated carbocycles. The summed E-state index contributed by atoms with van der Waals surface area (Å²) in [6.07, 6.45) is 4.66. The molecule has 30 heavy (non-hydrogen) atoms. The molecule has 6 nitrogen and oxygen atoms in total. The maximum Gasteiger partial charge on any atom is 0.358 e. The van der Waals surface area contributed by atoms with Crippen LogP contribution < -0.4 is 4.74 Å². The topological polar surface area (TPSA) is 74.8 Å². The van der Waals surface area contributed by atoms with Crippen LogP contribution in [0.15, 0.2) is 30.3 Å². The molecule has 1 aliphatic rings. The second-order valence-electron chi connectivity index (χ2n) is 8.22. The molecule has 1 saturated heterocycles. The number of ether oxygens (including phenoxy) is 2. The van der Waals surface area contributed by atoms with Crippen molar-refractivity contribution >= 4 is 5.97 Å². The minimum Gasteiger partial charge on any atom is -0.491 e. The van der Waals surface area contributed by atoms with E-state index in [1.165, 1.54) is 7.11 Å². The average molecular weight is 415 g/mol. The number of aliphatic hydroxyl groups is 1. The Balaban J connectivity index is 1.36. The van der Waals surface area contributed by atoms with E-state index in [-0.39, 0.29) is 0 Å². The number of aromatic nitrogens is 1. The number of aromatic amines is 1. The first-order chi connectivity index (χ1) is 14.4. The summed E-state index contributed by atoms with van der Waals surface area (Å²) >= 11 is 0. The van der Waals surface area contributed by atoms with E-state index in [2.05, 4.69) is 9.88 Å². The molecule has 1 fully saturated rings. The number of piperidine rings is 1. The summed E-state index contributed by atoms with van der Waals surface area (Å²) in [6.45, 7) is 7.33. The normalized spacial score (nSPS) is 16.4. The van der Waals surface area contributed by atoms with Gasteiger partial charge in [0.1, 0.15) is 0 Å². The average Bonchev–Trinajstić information content (AvgIpc) is 3.06. The summed E-state index contributed by atoms with van der Waals surface area (Å²) in [5, 5.41) is 10.9. The van der Waals surface area contributed by atoms with Gasteiger partial charge in [-0.1, -0.05) is 30.3 Å². The van der Waals surface area contributed by atoms with Gasteiger partial charge < -0.3 is 24.5 Å². The molecule has 0 spiro atoms. The maximum atomic E-state index is 11.9. The highest BCUT2D eigenvalue weighted by atomic mass is 16.5. The molecule has 0 radical (unpaired) electrons. The summed E-state index contributed by atoms with van der Waals surface area (Å²) < 4.78 is 10.7. The second-order valence-corrected chi connectivity index (χ2v) is 8.22. The smallest absolute Gasteiger partial charge is 0.358 e. The Morgan fingerprint density at radius 2 is 1.83 bits per heavy atom. The number of hydrogen-bond donors (Lipinski definition) is 2. The van der Waals surface area contributed by atoms with Gasteiger partial charge in [-0.05, 0) is 58.1 Å². The minimum atomic E-state index is -0.685. The quantitative estimate of drug-likeness (QED) is 0.480. The van der Waals surface area contributed by atoms with Gasteiger partial charge in [0, 0.05) is 24.3 Å². The van der Waals surface area contributed by atoms with Crippen molar-refractivity contribution in [1.29, 1.82) is 0 Å². The van der Waals surface area contributed by atoms with Crippen molar-refractivity contribution < 1.29 is 19.4 Å². The van der Waals surface area contributed by atoms with Crippen LogP contribution in [-0.4, -0.2) is 54.3 Å². The lowest BCUT2D eigenvalue weighted by Gasteiger charge is -2.38. The van der Waals surface area contributed by atoms with Crippen LogP contribution in [0, 0.1) is 13.8 Å². The number of rotatable bonds is 9. The van der Waals surface area contributed by atoms with E-state index in [0.29, 0.717) is 18.1 Å². The van der Waals surface area contributed by atoms with E-state index >= 15 is 0 Å². The third-order valence-corrected chi connectivity index (χ3v) is 6.19. The molecule has 164 valence electrons. The van der Waals surface area contributed by atoms with Crippen LogP contribution in [0.1, 0.15) is 59.4 Å². The fourth-order valence-corrected chi connectivity index (χ4v) is 4.09. The zero-order chi connectivity index (χ0) is 21.6. The standard InChI is InChI=1S/C24H34N2O4/c1-18-19(2)25-21(23(27)29-3)22(18)30-17-9-5-8-14-26-15-12-24(28,13-16-26)20-10-6-4-7-11-20/h4,6-7,10-11,25,28H,5,8-9,12-17H2,1-3H3. The predicted molar refractivity (Wildman–Crippen MR) is 117 cm³/mol. The molecule has 1 aromatic heterocycles. The number of methoxy groups -OCH3 is 1. The highest BCUT2D eigenvalue weighted by Gasteiger charge is 2.33. The van der Waals surface area contributed by atoms with Crippen molar-refractivity contribution in [2.45, 2.75) is 51.6 Å². The van der Waals surface area contributed by atoms with E-state index in [1.54, 1.807) is 0 Å². The van der Waals surface area contributed by atoms with E-state index in [1.807, 2.05) is 44.2 Å². The van der Waals surface area contributed by atoms with Gasteiger partial charge in [0.05, 0.1) is 19.3 Å². The summed E-state index contributed by atoms with van der Waals surface area (Å²) in [5.41, 5.74) is 2.62. The van der Waals surface area contributed by atoms with Crippen LogP contribution in [0.3, 0.4) is 0 Å². The zero-order valence-electron chi connectivity index (χ0n) is 18.4. The number of likely N-dealkylation sites (tertiary alicyclic amines) is 1. The Morgan fingerprint density at radius 3 is 2.50 bits per heavy atom. The van der Waals surface area contributed by atoms with Crippen molar-refractivity contribution in [1.82, 2.24) is 9.88 Å². The number of nitrogens with zero attached hydrogens (tertiary/aromatic N) is 1. The fraction of sp³-hybridized carbons (Fsp3) is 0.542. The lowest BCUT2D eigenvalue weighted by Crippen LogP contribution is -2.42. The molecule has 2 heterocycles. The van der Waals surface area contributed by atoms with Crippen molar-refractivity contribution in [2.24, 2.45) is 0 Å². The number of esters is 1. The Bertz CT molecular complexity index is 823. The van der Waals surface area contributed by atoms with E-state index in [0.717, 1.165) is 68.6 Å². The molecule has 0 unspecified atom stereocenters. The number of aryl methyl sites for hydroxylation is 1. The van der Waals surface area contributed by atoms with Gasteiger partial charge in [-0.25, -0.2) is 4.79 Å². The van der Waals surface area contributed by atoms with Crippen molar-refractivity contribution in [3.05, 3.63) is 52.8 Å². The molecule has 2 N–H and O–H groups in total. The molecule has 0 atom stereocenters. The molecule has 6 heteroatoms. The van der Waals surface area contributed by atoms with Crippen LogP contribution >= 0.6 is 0 Å². The van der Waals surface area contributed by atoms with Gasteiger partial charge in [0.15, 0.2) is 11.4 Å². The van der Waals surface area contributed by atoms with E-state index in [9.17, 15) is 9.90 Å². The summed E-state index contributed by atoms with van der Waals surface area (Å²) in [7, 11) is 1.37. The molecule has 0 aliphatic carbocycles. The number of hydrogen-bond acceptors (Lipinski definition) is 5. The van der Waals surface area contributed by atoms with Crippen molar-refractivity contribution in [3.8, 4) is 5.75 Å². The highest BCUT2D eigenvalue weighted by molar-refractivity contribution is 5.91. The molecule has 1 aliphatic heterocycles. The Kier molecular flexibility index (Phi) is 7.56. The third-order valence-electron chi connectivity index (χ3n) is 6.19. The molecular weight excluding hydrogens is 380 g/mol. The lowest BCUT2D eigenvalue weighted by molar-refractivity contribution is -0.0261. The number of carbonyl (C=O) groups excluding carboxylic acids is 1. The van der Waals surface area contributed by atoms with Gasteiger partial charge in [0.25, 0.3) is 0 Å². The Morgan fingerprint density at radius 1 is 1.13 bits per heavy atom. The maximum absolute atomic E-state index is 11.9.